The molecule has 0 radical (unpaired) electrons. The Hall–Kier alpha value is -9.15. The molecule has 10 amide bonds. The van der Waals surface area contributed by atoms with Crippen LogP contribution in [0.1, 0.15) is 185 Å². The van der Waals surface area contributed by atoms with Crippen LogP contribution in [-0.2, 0) is 89.3 Å². The second-order valence-corrected chi connectivity index (χ2v) is 28.3. The molecule has 0 saturated carbocycles. The largest absolute Gasteiger partial charge is 0.481 e. The molecule has 0 aliphatic carbocycles. The molecule has 0 spiro atoms. The van der Waals surface area contributed by atoms with Gasteiger partial charge in [0.2, 0.25) is 59.1 Å². The molecule has 3 heterocycles. The molecule has 5 rings (SSSR count). The summed E-state index contributed by atoms with van der Waals surface area (Å²) in [6.45, 7) is 2.95. The zero-order valence-electron chi connectivity index (χ0n) is 64.6. The fourth-order valence-electron chi connectivity index (χ4n) is 13.1. The first kappa shape index (κ1) is 92.5. The molecule has 2 fully saturated rings. The summed E-state index contributed by atoms with van der Waals surface area (Å²) in [5, 5.41) is 56.4. The zero-order chi connectivity index (χ0) is 80.4. The summed E-state index contributed by atoms with van der Waals surface area (Å²) in [6, 6.07) is 6.53. The van der Waals surface area contributed by atoms with Gasteiger partial charge in [-0.1, -0.05) is 133 Å². The van der Waals surface area contributed by atoms with Crippen LogP contribution in [0.4, 0.5) is 0 Å². The lowest BCUT2D eigenvalue weighted by atomic mass is 10.0. The van der Waals surface area contributed by atoms with Gasteiger partial charge in [0.05, 0.1) is 45.7 Å². The van der Waals surface area contributed by atoms with Gasteiger partial charge in [0.25, 0.3) is 0 Å². The number of nitrogens with zero attached hydrogens (tertiary/aromatic N) is 1. The third kappa shape index (κ3) is 38.6. The Morgan fingerprint density at radius 1 is 0.604 bits per heavy atom. The van der Waals surface area contributed by atoms with Crippen molar-refractivity contribution in [3.63, 3.8) is 0 Å². The number of Topliss-reactive ketones (excluding diaryl/α,β-unsaturated/α-hetero) is 1. The van der Waals surface area contributed by atoms with E-state index in [1.807, 2.05) is 31.2 Å². The van der Waals surface area contributed by atoms with Gasteiger partial charge in [0, 0.05) is 94.8 Å². The van der Waals surface area contributed by atoms with E-state index in [0.29, 0.717) is 62.9 Å². The van der Waals surface area contributed by atoms with Crippen LogP contribution < -0.4 is 64.6 Å². The monoisotopic (exact) mass is 1560 g/mol. The standard InChI is InChI=1S/C78H123N15O18/c1-2-3-27-61(87-69(98)53-111-46-44-109-42-40-84-68(97)52-110-45-43-108-41-39-83-67(96)31-17-12-10-8-6-4-5-7-9-11-13-18-32-70(99)100)72(102)90-63-34-33-56(94)35-38-82-36-22-21-29-60(71(79)101)88-75(105)65(48-55-50-86-59-28-20-19-26-58(55)59)91-73(103)62(30-23-37-85-78(80)81)89-74(104)64(47-54-24-15-14-16-25-54)92-76(106)66-49-57(95)51-93(66)77(63)107/h14-16,19-20,24-26,28,50,57,60-66,82,86,95H,2-13,17-18,21-23,27,29-49,51-53H2,1H3,(H2,79,101)(H,83,96)(H,84,97)(H,87,98)(H,88,105)(H,89,104)(H,90,102)(H,91,103)(H,92,106)(H,99,100)(H4,80,81,85)/t57-,60+,61+,62+,63+,64-,65+,66+/m1/s1. The Labute approximate surface area is 650 Å². The summed E-state index contributed by atoms with van der Waals surface area (Å²) in [5.74, 6) is -8.06. The van der Waals surface area contributed by atoms with Gasteiger partial charge in [0.15, 0.2) is 5.96 Å². The number of guanidine groups is 1. The third-order valence-corrected chi connectivity index (χ3v) is 19.2. The van der Waals surface area contributed by atoms with Crippen molar-refractivity contribution in [2.75, 3.05) is 92.1 Å². The van der Waals surface area contributed by atoms with E-state index in [1.165, 1.54) is 25.7 Å². The molecule has 2 aliphatic heterocycles. The molecule has 2 aliphatic rings. The normalized spacial score (nSPS) is 19.7. The molecule has 18 N–H and O–H groups in total. The Kier molecular flexibility index (Phi) is 45.4. The van der Waals surface area contributed by atoms with Crippen LogP contribution in [0.2, 0.25) is 0 Å². The van der Waals surface area contributed by atoms with Gasteiger partial charge in [-0.25, -0.2) is 0 Å². The number of aliphatic hydroxyl groups is 1. The number of fused-ring (bicyclic) bond motifs is 2. The summed E-state index contributed by atoms with van der Waals surface area (Å²) < 4.78 is 22.0. The number of hydrogen-bond acceptors (Lipinski definition) is 19. The highest BCUT2D eigenvalue weighted by atomic mass is 16.5. The predicted molar refractivity (Wildman–Crippen MR) is 415 cm³/mol. The van der Waals surface area contributed by atoms with E-state index >= 15 is 4.79 Å². The fraction of sp³-hybridized carbons (Fsp3) is 0.654. The number of carboxylic acids is 1. The van der Waals surface area contributed by atoms with Gasteiger partial charge in [-0.05, 0) is 81.5 Å². The first-order valence-corrected chi connectivity index (χ1v) is 39.7. The van der Waals surface area contributed by atoms with Gasteiger partial charge in [-0.15, -0.1) is 0 Å². The van der Waals surface area contributed by atoms with Crippen LogP contribution in [0.25, 0.3) is 10.9 Å². The van der Waals surface area contributed by atoms with Crippen molar-refractivity contribution in [3.8, 4) is 0 Å². The molecular weight excluding hydrogens is 1430 g/mol. The average molecular weight is 1560 g/mol. The SMILES string of the molecule is CCCC[C@H](NC(=O)COCCOCCNC(=O)COCCOCCNC(=O)CCCCCCCCCCCCCCC(=O)O)C(=O)N[C@H]1CCC(=O)CCNCCCC[C@@H](C(N)=O)NC(=O)[C@H](Cc2c[nH]c3ccccc23)NC(=O)[C@H](CCCNC(=N)N)NC(=O)[C@@H](Cc2ccccc2)NC(=O)[C@@H]2C[C@@H](O)CN2C1=O. The maximum Gasteiger partial charge on any atom is 0.303 e. The van der Waals surface area contributed by atoms with E-state index in [0.717, 1.165) is 67.2 Å². The molecule has 111 heavy (non-hydrogen) atoms. The van der Waals surface area contributed by atoms with Crippen LogP contribution in [0.3, 0.4) is 0 Å². The lowest BCUT2D eigenvalue weighted by molar-refractivity contribution is -0.143. The Balaban J connectivity index is 1.14. The minimum atomic E-state index is -1.47. The number of carboxylic acid groups (broad SMARTS) is 1. The molecule has 2 aromatic carbocycles. The maximum absolute atomic E-state index is 15.0. The van der Waals surface area contributed by atoms with E-state index in [9.17, 15) is 57.8 Å². The van der Waals surface area contributed by atoms with Crippen molar-refractivity contribution < 1.29 is 86.7 Å². The van der Waals surface area contributed by atoms with Crippen molar-refractivity contribution in [1.29, 1.82) is 5.41 Å². The van der Waals surface area contributed by atoms with E-state index in [-0.39, 0.29) is 160 Å². The van der Waals surface area contributed by atoms with Crippen LogP contribution in [-0.4, -0.2) is 237 Å². The highest BCUT2D eigenvalue weighted by molar-refractivity contribution is 5.99. The van der Waals surface area contributed by atoms with Crippen molar-refractivity contribution >= 4 is 87.7 Å². The number of nitrogens with two attached hydrogens (primary N) is 2. The number of ketones is 1. The predicted octanol–water partition coefficient (Wildman–Crippen LogP) is 2.12. The molecule has 8 atom stereocenters. The van der Waals surface area contributed by atoms with Crippen LogP contribution in [0, 0.1) is 5.41 Å². The Morgan fingerprint density at radius 2 is 1.19 bits per heavy atom. The van der Waals surface area contributed by atoms with Crippen LogP contribution >= 0.6 is 0 Å². The van der Waals surface area contributed by atoms with E-state index in [1.54, 1.807) is 36.5 Å². The maximum atomic E-state index is 15.0. The Morgan fingerprint density at radius 3 is 1.85 bits per heavy atom. The number of aliphatic hydroxyl groups excluding tert-OH is 1. The molecular formula is C78H123N15O18. The van der Waals surface area contributed by atoms with Crippen LogP contribution in [0.15, 0.2) is 60.8 Å². The number of unbranched alkanes of at least 4 members (excludes halogenated alkanes) is 12. The van der Waals surface area contributed by atoms with Crippen molar-refractivity contribution in [2.45, 2.75) is 235 Å². The highest BCUT2D eigenvalue weighted by Gasteiger charge is 2.43. The molecule has 618 valence electrons. The molecule has 33 heteroatoms. The van der Waals surface area contributed by atoms with E-state index < -0.39 is 108 Å². The number of hydrogen-bond donors (Lipinski definition) is 16. The number of para-hydroxylation sites is 1. The summed E-state index contributed by atoms with van der Waals surface area (Å²) in [4.78, 5) is 168. The second-order valence-electron chi connectivity index (χ2n) is 28.3. The molecule has 2 saturated heterocycles. The van der Waals surface area contributed by atoms with E-state index in [2.05, 4.69) is 58.2 Å². The van der Waals surface area contributed by atoms with Gasteiger partial charge < -0.3 is 104 Å². The number of aromatic amines is 1. The third-order valence-electron chi connectivity index (χ3n) is 19.2. The van der Waals surface area contributed by atoms with E-state index in [4.69, 9.17) is 40.9 Å². The highest BCUT2D eigenvalue weighted by Crippen LogP contribution is 2.24. The number of amides is 10. The summed E-state index contributed by atoms with van der Waals surface area (Å²) >= 11 is 0. The van der Waals surface area contributed by atoms with Crippen molar-refractivity contribution in [3.05, 3.63) is 71.9 Å². The number of H-pyrrole nitrogens is 1. The molecule has 1 aromatic heterocycles. The molecule has 33 nitrogen and oxygen atoms in total. The fourth-order valence-corrected chi connectivity index (χ4v) is 13.1. The summed E-state index contributed by atoms with van der Waals surface area (Å²) in [7, 11) is 0. The van der Waals surface area contributed by atoms with Gasteiger partial charge in [-0.3, -0.25) is 62.9 Å². The number of ether oxygens (including phenoxy) is 4. The first-order valence-electron chi connectivity index (χ1n) is 39.7. The molecule has 0 bridgehead atoms. The lowest BCUT2D eigenvalue weighted by Crippen LogP contribution is -2.60. The first-order chi connectivity index (χ1) is 53.6. The van der Waals surface area contributed by atoms with Crippen LogP contribution in [0.5, 0.6) is 0 Å². The zero-order valence-corrected chi connectivity index (χ0v) is 64.6. The minimum absolute atomic E-state index is 0.01000. The topological polar surface area (TPSA) is 497 Å². The number of aliphatic carboxylic acids is 1. The summed E-state index contributed by atoms with van der Waals surface area (Å²) in [6.07, 6.45) is 15.4. The number of nitrogens with one attached hydrogen (secondary N) is 12. The number of carbonyl (C=O) groups is 12. The number of carbonyl (C=O) groups excluding carboxylic acids is 11. The van der Waals surface area contributed by atoms with Crippen molar-refractivity contribution in [1.82, 2.24) is 63.1 Å². The second kappa shape index (κ2) is 54.5. The molecule has 0 unspecified atom stereocenters. The van der Waals surface area contributed by atoms with Gasteiger partial charge in [-0.2, -0.15) is 0 Å². The Bertz CT molecular complexity index is 3360. The smallest absolute Gasteiger partial charge is 0.303 e. The quantitative estimate of drug-likeness (QED) is 0.0219. The lowest BCUT2D eigenvalue weighted by Gasteiger charge is -2.31. The van der Waals surface area contributed by atoms with Gasteiger partial charge in [0.1, 0.15) is 61.3 Å². The number of rotatable bonds is 46. The number of aromatic nitrogens is 1. The van der Waals surface area contributed by atoms with Gasteiger partial charge >= 0.3 is 5.97 Å². The minimum Gasteiger partial charge on any atom is -0.481 e. The van der Waals surface area contributed by atoms with Crippen molar-refractivity contribution in [2.24, 2.45) is 11.5 Å². The number of primary amides is 1. The average Bonchev–Trinajstić information content (AvgIpc) is 1.70. The summed E-state index contributed by atoms with van der Waals surface area (Å²) in [5.41, 5.74) is 13.4. The number of benzene rings is 2. The molecule has 3 aromatic rings.